The van der Waals surface area contributed by atoms with E-state index in [2.05, 4.69) is 55.5 Å². The predicted molar refractivity (Wildman–Crippen MR) is 114 cm³/mol. The average Bonchev–Trinajstić information content (AvgIpc) is 3.20. The second kappa shape index (κ2) is 9.36. The van der Waals surface area contributed by atoms with Gasteiger partial charge in [0.15, 0.2) is 0 Å². The van der Waals surface area contributed by atoms with Gasteiger partial charge in [-0.1, -0.05) is 56.3 Å². The molecule has 0 aliphatic heterocycles. The summed E-state index contributed by atoms with van der Waals surface area (Å²) in [6.45, 7) is 7.23. The molecule has 0 saturated carbocycles. The molecule has 28 heavy (non-hydrogen) atoms. The normalized spacial score (nSPS) is 12.1. The number of benzene rings is 2. The van der Waals surface area contributed by atoms with Crippen LogP contribution in [0, 0.1) is 5.92 Å². The molecule has 1 N–H and O–H groups in total. The Balaban J connectivity index is 1.73. The van der Waals surface area contributed by atoms with E-state index >= 15 is 0 Å². The molecule has 1 amide bonds. The number of carbonyl (C=O) groups excluding carboxylic acids is 1. The van der Waals surface area contributed by atoms with Crippen molar-refractivity contribution in [2.45, 2.75) is 46.2 Å². The number of rotatable bonds is 8. The molecular formula is C24H29N3O. The van der Waals surface area contributed by atoms with Gasteiger partial charge in [-0.2, -0.15) is 5.10 Å². The first-order valence-corrected chi connectivity index (χ1v) is 9.99. The van der Waals surface area contributed by atoms with Gasteiger partial charge >= 0.3 is 0 Å². The Bertz CT molecular complexity index is 882. The minimum absolute atomic E-state index is 0.00697. The van der Waals surface area contributed by atoms with Crippen molar-refractivity contribution in [2.75, 3.05) is 0 Å². The second-order valence-corrected chi connectivity index (χ2v) is 7.79. The highest BCUT2D eigenvalue weighted by Gasteiger charge is 2.15. The van der Waals surface area contributed by atoms with Crippen LogP contribution in [0.3, 0.4) is 0 Å². The Kier molecular flexibility index (Phi) is 6.64. The number of hydrogen-bond acceptors (Lipinski definition) is 2. The zero-order chi connectivity index (χ0) is 19.9. The third-order valence-electron chi connectivity index (χ3n) is 4.89. The Morgan fingerprint density at radius 3 is 2.43 bits per heavy atom. The van der Waals surface area contributed by atoms with E-state index in [1.165, 1.54) is 5.56 Å². The fraction of sp³-hybridized carbons (Fsp3) is 0.333. The van der Waals surface area contributed by atoms with Crippen molar-refractivity contribution in [3.63, 3.8) is 0 Å². The summed E-state index contributed by atoms with van der Waals surface area (Å²) < 4.78 is 1.90. The van der Waals surface area contributed by atoms with Crippen molar-refractivity contribution in [2.24, 2.45) is 5.92 Å². The lowest BCUT2D eigenvalue weighted by Crippen LogP contribution is -2.33. The molecule has 0 saturated heterocycles. The first kappa shape index (κ1) is 19.9. The molecule has 0 radical (unpaired) electrons. The summed E-state index contributed by atoms with van der Waals surface area (Å²) in [6.07, 6.45) is 5.84. The predicted octanol–water partition coefficient (Wildman–Crippen LogP) is 5.15. The monoisotopic (exact) mass is 375 g/mol. The molecule has 2 aromatic carbocycles. The van der Waals surface area contributed by atoms with E-state index in [1.807, 2.05) is 41.2 Å². The van der Waals surface area contributed by atoms with Gasteiger partial charge in [0.2, 0.25) is 0 Å². The maximum absolute atomic E-state index is 12.8. The quantitative estimate of drug-likeness (QED) is 0.592. The molecule has 0 spiro atoms. The number of aromatic nitrogens is 2. The van der Waals surface area contributed by atoms with E-state index in [4.69, 9.17) is 0 Å². The highest BCUT2D eigenvalue weighted by molar-refractivity contribution is 6.01. The lowest BCUT2D eigenvalue weighted by atomic mass is 9.97. The minimum atomic E-state index is -0.00697. The summed E-state index contributed by atoms with van der Waals surface area (Å²) in [5.74, 6) is 0.638. The molecule has 1 atom stereocenters. The molecule has 0 unspecified atom stereocenters. The molecule has 1 aromatic heterocycles. The molecule has 3 rings (SSSR count). The van der Waals surface area contributed by atoms with Crippen molar-refractivity contribution in [3.8, 4) is 11.1 Å². The number of carbonyl (C=O) groups is 1. The van der Waals surface area contributed by atoms with Crippen molar-refractivity contribution < 1.29 is 4.79 Å². The molecule has 3 aromatic rings. The van der Waals surface area contributed by atoms with E-state index < -0.39 is 0 Å². The van der Waals surface area contributed by atoms with Crippen LogP contribution < -0.4 is 5.32 Å². The van der Waals surface area contributed by atoms with Crippen LogP contribution in [-0.2, 0) is 6.54 Å². The number of hydrogen-bond donors (Lipinski definition) is 1. The zero-order valence-electron chi connectivity index (χ0n) is 16.9. The third kappa shape index (κ3) is 5.32. The first-order valence-electron chi connectivity index (χ1n) is 9.99. The molecular weight excluding hydrogens is 346 g/mol. The Morgan fingerprint density at radius 1 is 1.00 bits per heavy atom. The van der Waals surface area contributed by atoms with Gasteiger partial charge in [0.05, 0.1) is 6.54 Å². The van der Waals surface area contributed by atoms with Gasteiger partial charge in [-0.25, -0.2) is 0 Å². The molecule has 0 fully saturated rings. The van der Waals surface area contributed by atoms with Crippen LogP contribution in [-0.4, -0.2) is 21.7 Å². The summed E-state index contributed by atoms with van der Waals surface area (Å²) >= 11 is 0. The maximum atomic E-state index is 12.8. The molecule has 0 aliphatic rings. The van der Waals surface area contributed by atoms with Crippen molar-refractivity contribution in [3.05, 3.63) is 78.1 Å². The lowest BCUT2D eigenvalue weighted by molar-refractivity contribution is 0.0938. The fourth-order valence-electron chi connectivity index (χ4n) is 3.26. The van der Waals surface area contributed by atoms with E-state index in [1.54, 1.807) is 6.20 Å². The number of nitrogens with zero attached hydrogens (tertiary/aromatic N) is 2. The molecule has 0 aliphatic carbocycles. The van der Waals surface area contributed by atoms with Crippen LogP contribution in [0.5, 0.6) is 0 Å². The van der Waals surface area contributed by atoms with Crippen molar-refractivity contribution in [1.82, 2.24) is 15.1 Å². The van der Waals surface area contributed by atoms with Crippen molar-refractivity contribution in [1.29, 1.82) is 0 Å². The summed E-state index contributed by atoms with van der Waals surface area (Å²) in [7, 11) is 0. The maximum Gasteiger partial charge on any atom is 0.252 e. The zero-order valence-corrected chi connectivity index (χ0v) is 16.9. The highest BCUT2D eigenvalue weighted by atomic mass is 16.1. The van der Waals surface area contributed by atoms with Gasteiger partial charge in [0, 0.05) is 24.0 Å². The van der Waals surface area contributed by atoms with Crippen LogP contribution in [0.2, 0.25) is 0 Å². The Morgan fingerprint density at radius 2 is 1.75 bits per heavy atom. The van der Waals surface area contributed by atoms with Gasteiger partial charge in [0.25, 0.3) is 5.91 Å². The fourth-order valence-corrected chi connectivity index (χ4v) is 3.26. The molecule has 4 heteroatoms. The smallest absolute Gasteiger partial charge is 0.252 e. The van der Waals surface area contributed by atoms with Gasteiger partial charge in [-0.15, -0.1) is 0 Å². The third-order valence-corrected chi connectivity index (χ3v) is 4.89. The lowest BCUT2D eigenvalue weighted by Gasteiger charge is -2.17. The molecule has 1 heterocycles. The summed E-state index contributed by atoms with van der Waals surface area (Å²) in [5.41, 5.74) is 3.90. The Hall–Kier alpha value is -2.88. The highest BCUT2D eigenvalue weighted by Crippen LogP contribution is 2.24. The molecule has 0 bridgehead atoms. The van der Waals surface area contributed by atoms with Crippen LogP contribution in [0.25, 0.3) is 11.1 Å². The molecule has 146 valence electrons. The topological polar surface area (TPSA) is 46.9 Å². The number of nitrogens with one attached hydrogen (secondary N) is 1. The van der Waals surface area contributed by atoms with E-state index in [0.717, 1.165) is 36.1 Å². The summed E-state index contributed by atoms with van der Waals surface area (Å²) in [4.78, 5) is 12.8. The van der Waals surface area contributed by atoms with Crippen LogP contribution in [0.1, 0.15) is 49.5 Å². The van der Waals surface area contributed by atoms with Gasteiger partial charge < -0.3 is 5.32 Å². The summed E-state index contributed by atoms with van der Waals surface area (Å²) in [5, 5.41) is 7.40. The van der Waals surface area contributed by atoms with Gasteiger partial charge in [-0.05, 0) is 54.5 Å². The molecule has 4 nitrogen and oxygen atoms in total. The first-order chi connectivity index (χ1) is 13.5. The van der Waals surface area contributed by atoms with E-state index in [0.29, 0.717) is 5.92 Å². The minimum Gasteiger partial charge on any atom is -0.350 e. The average molecular weight is 376 g/mol. The largest absolute Gasteiger partial charge is 0.350 e. The second-order valence-electron chi connectivity index (χ2n) is 7.79. The Labute approximate surface area is 167 Å². The van der Waals surface area contributed by atoms with Gasteiger partial charge in [0.1, 0.15) is 0 Å². The standard InChI is InChI=1S/C24H29N3O/c1-18(2)9-10-19(3)26-24(28)23-8-5-4-7-22(23)21-13-11-20(12-14-21)17-27-16-6-15-25-27/h4-8,11-16,18-19H,9-10,17H2,1-3H3,(H,26,28)/t19-/m0/s1. The van der Waals surface area contributed by atoms with Gasteiger partial charge in [-0.3, -0.25) is 9.48 Å². The SMILES string of the molecule is CC(C)CC[C@H](C)NC(=O)c1ccccc1-c1ccc(Cn2cccn2)cc1. The summed E-state index contributed by atoms with van der Waals surface area (Å²) in [6, 6.07) is 18.2. The number of amides is 1. The van der Waals surface area contributed by atoms with Crippen LogP contribution in [0.4, 0.5) is 0 Å². The van der Waals surface area contributed by atoms with Crippen molar-refractivity contribution >= 4 is 5.91 Å². The van der Waals surface area contributed by atoms with E-state index in [9.17, 15) is 4.79 Å². The van der Waals surface area contributed by atoms with E-state index in [-0.39, 0.29) is 11.9 Å². The van der Waals surface area contributed by atoms with Crippen LogP contribution in [0.15, 0.2) is 67.0 Å². The van der Waals surface area contributed by atoms with Crippen LogP contribution >= 0.6 is 0 Å².